The third kappa shape index (κ3) is 3.46. The maximum absolute atomic E-state index is 14.1. The quantitative estimate of drug-likeness (QED) is 0.735. The van der Waals surface area contributed by atoms with E-state index in [1.54, 1.807) is 4.90 Å². The van der Waals surface area contributed by atoms with Crippen molar-refractivity contribution in [2.75, 3.05) is 36.0 Å². The molecule has 6 nitrogen and oxygen atoms in total. The SMILES string of the molecule is Cn1ncc(N2CCN(c3ncc(C(F)(F)F)cc3F)CC2)c(Cl)c1=O. The van der Waals surface area contributed by atoms with Crippen LogP contribution >= 0.6 is 11.6 Å². The average Bonchev–Trinajstić information content (AvgIpc) is 2.59. The highest BCUT2D eigenvalue weighted by molar-refractivity contribution is 6.33. The van der Waals surface area contributed by atoms with Crippen LogP contribution in [0.15, 0.2) is 23.3 Å². The Balaban J connectivity index is 1.75. The molecule has 0 spiro atoms. The van der Waals surface area contributed by atoms with Gasteiger partial charge in [-0.3, -0.25) is 4.79 Å². The van der Waals surface area contributed by atoms with Crippen molar-refractivity contribution < 1.29 is 17.6 Å². The molecule has 1 fully saturated rings. The largest absolute Gasteiger partial charge is 0.417 e. The number of aromatic nitrogens is 3. The van der Waals surface area contributed by atoms with Gasteiger partial charge in [-0.1, -0.05) is 11.6 Å². The van der Waals surface area contributed by atoms with Crippen LogP contribution in [-0.2, 0) is 13.2 Å². The highest BCUT2D eigenvalue weighted by atomic mass is 35.5. The third-order valence-electron chi connectivity index (χ3n) is 4.13. The van der Waals surface area contributed by atoms with Crippen LogP contribution < -0.4 is 15.4 Å². The Kier molecular flexibility index (Phi) is 4.78. The molecule has 0 aromatic carbocycles. The summed E-state index contributed by atoms with van der Waals surface area (Å²) in [5.74, 6) is -1.16. The highest BCUT2D eigenvalue weighted by Crippen LogP contribution is 2.31. The zero-order valence-corrected chi connectivity index (χ0v) is 14.4. The van der Waals surface area contributed by atoms with Crippen LogP contribution in [0.4, 0.5) is 29.1 Å². The highest BCUT2D eigenvalue weighted by Gasteiger charge is 2.33. The molecule has 0 saturated carbocycles. The molecule has 26 heavy (non-hydrogen) atoms. The Hall–Kier alpha value is -2.36. The Labute approximate surface area is 150 Å². The molecule has 3 heterocycles. The van der Waals surface area contributed by atoms with Crippen LogP contribution in [0.3, 0.4) is 0 Å². The number of rotatable bonds is 2. The van der Waals surface area contributed by atoms with Crippen LogP contribution in [0.25, 0.3) is 0 Å². The van der Waals surface area contributed by atoms with Crippen molar-refractivity contribution in [3.05, 3.63) is 45.2 Å². The number of nitrogens with zero attached hydrogens (tertiary/aromatic N) is 5. The van der Waals surface area contributed by atoms with Crippen LogP contribution in [0.1, 0.15) is 5.56 Å². The lowest BCUT2D eigenvalue weighted by Gasteiger charge is -2.36. The van der Waals surface area contributed by atoms with E-state index in [2.05, 4.69) is 10.1 Å². The van der Waals surface area contributed by atoms with Gasteiger partial charge in [0, 0.05) is 39.4 Å². The molecule has 0 N–H and O–H groups in total. The molecule has 2 aromatic rings. The Bertz CT molecular complexity index is 877. The molecule has 1 saturated heterocycles. The first-order valence-electron chi connectivity index (χ1n) is 7.63. The molecule has 0 radical (unpaired) electrons. The average molecular weight is 392 g/mol. The summed E-state index contributed by atoms with van der Waals surface area (Å²) in [5.41, 5.74) is -1.09. The van der Waals surface area contributed by atoms with Gasteiger partial charge in [0.05, 0.1) is 17.4 Å². The molecular weight excluding hydrogens is 378 g/mol. The van der Waals surface area contributed by atoms with Gasteiger partial charge in [0.25, 0.3) is 5.56 Å². The molecule has 2 aromatic heterocycles. The summed E-state index contributed by atoms with van der Waals surface area (Å²) < 4.78 is 53.0. The van der Waals surface area contributed by atoms with Crippen LogP contribution in [0.2, 0.25) is 5.02 Å². The van der Waals surface area contributed by atoms with Gasteiger partial charge in [0.2, 0.25) is 0 Å². The molecule has 0 aliphatic carbocycles. The zero-order valence-electron chi connectivity index (χ0n) is 13.6. The van der Waals surface area contributed by atoms with E-state index >= 15 is 0 Å². The van der Waals surface area contributed by atoms with E-state index in [0.717, 1.165) is 4.68 Å². The number of alkyl halides is 3. The number of anilines is 2. The first-order chi connectivity index (χ1) is 12.2. The standard InChI is InChI=1S/C15H14ClF4N5O/c1-23-14(26)12(16)11(8-22-23)24-2-4-25(5-3-24)13-10(17)6-9(7-21-13)15(18,19)20/h6-8H,2-5H2,1H3. The normalized spacial score (nSPS) is 15.5. The fraction of sp³-hybridized carbons (Fsp3) is 0.400. The minimum atomic E-state index is -4.64. The summed E-state index contributed by atoms with van der Waals surface area (Å²) in [6, 6.07) is 0.441. The lowest BCUT2D eigenvalue weighted by Crippen LogP contribution is -2.47. The molecule has 1 aliphatic rings. The molecule has 140 valence electrons. The molecular formula is C15H14ClF4N5O. The number of pyridine rings is 1. The van der Waals surface area contributed by atoms with Gasteiger partial charge >= 0.3 is 6.18 Å². The molecule has 0 amide bonds. The number of halogens is 5. The first kappa shape index (κ1) is 18.4. The lowest BCUT2D eigenvalue weighted by molar-refractivity contribution is -0.138. The van der Waals surface area contributed by atoms with E-state index in [9.17, 15) is 22.4 Å². The molecule has 0 atom stereocenters. The second kappa shape index (κ2) is 6.75. The van der Waals surface area contributed by atoms with Crippen molar-refractivity contribution in [2.45, 2.75) is 6.18 Å². The second-order valence-electron chi connectivity index (χ2n) is 5.77. The predicted octanol–water partition coefficient (Wildman–Crippen LogP) is 2.31. The van der Waals surface area contributed by atoms with Crippen molar-refractivity contribution in [1.82, 2.24) is 14.8 Å². The van der Waals surface area contributed by atoms with E-state index in [1.165, 1.54) is 13.2 Å². The zero-order chi connectivity index (χ0) is 19.1. The number of aryl methyl sites for hydroxylation is 1. The second-order valence-corrected chi connectivity index (χ2v) is 6.15. The molecule has 1 aliphatic heterocycles. The number of hydrogen-bond donors (Lipinski definition) is 0. The van der Waals surface area contributed by atoms with Gasteiger partial charge in [-0.25, -0.2) is 14.1 Å². The maximum atomic E-state index is 14.1. The molecule has 0 unspecified atom stereocenters. The van der Waals surface area contributed by atoms with Gasteiger partial charge in [0.15, 0.2) is 11.6 Å². The van der Waals surface area contributed by atoms with Crippen molar-refractivity contribution in [3.63, 3.8) is 0 Å². The molecule has 11 heteroatoms. The Morgan fingerprint density at radius 3 is 2.31 bits per heavy atom. The summed E-state index contributed by atoms with van der Waals surface area (Å²) in [7, 11) is 1.48. The minimum Gasteiger partial charge on any atom is -0.365 e. The Morgan fingerprint density at radius 2 is 1.73 bits per heavy atom. The fourth-order valence-electron chi connectivity index (χ4n) is 2.70. The van der Waals surface area contributed by atoms with Crippen LogP contribution in [0, 0.1) is 5.82 Å². The van der Waals surface area contributed by atoms with Crippen LogP contribution in [-0.4, -0.2) is 40.9 Å². The van der Waals surface area contributed by atoms with Gasteiger partial charge in [-0.15, -0.1) is 0 Å². The first-order valence-corrected chi connectivity index (χ1v) is 8.00. The van der Waals surface area contributed by atoms with E-state index in [-0.39, 0.29) is 10.8 Å². The van der Waals surface area contributed by atoms with Gasteiger partial charge in [-0.05, 0) is 6.07 Å². The number of hydrogen-bond acceptors (Lipinski definition) is 5. The predicted molar refractivity (Wildman–Crippen MR) is 88.1 cm³/mol. The number of piperazine rings is 1. The van der Waals surface area contributed by atoms with Crippen LogP contribution in [0.5, 0.6) is 0 Å². The van der Waals surface area contributed by atoms with Gasteiger partial charge in [-0.2, -0.15) is 18.3 Å². The Morgan fingerprint density at radius 1 is 1.12 bits per heavy atom. The van der Waals surface area contributed by atoms with Crippen molar-refractivity contribution in [1.29, 1.82) is 0 Å². The lowest BCUT2D eigenvalue weighted by atomic mass is 10.2. The van der Waals surface area contributed by atoms with Crippen molar-refractivity contribution in [3.8, 4) is 0 Å². The summed E-state index contributed by atoms with van der Waals surface area (Å²) in [6.07, 6.45) is -2.56. The van der Waals surface area contributed by atoms with Gasteiger partial charge in [0.1, 0.15) is 5.02 Å². The fourth-order valence-corrected chi connectivity index (χ4v) is 2.99. The summed E-state index contributed by atoms with van der Waals surface area (Å²) >= 11 is 6.06. The summed E-state index contributed by atoms with van der Waals surface area (Å²) in [5, 5.41) is 3.96. The van der Waals surface area contributed by atoms with E-state index in [4.69, 9.17) is 11.6 Å². The van der Waals surface area contributed by atoms with Crippen molar-refractivity contribution >= 4 is 23.1 Å². The van der Waals surface area contributed by atoms with E-state index in [1.807, 2.05) is 4.90 Å². The summed E-state index contributed by atoms with van der Waals surface area (Å²) in [4.78, 5) is 18.9. The smallest absolute Gasteiger partial charge is 0.365 e. The van der Waals surface area contributed by atoms with Gasteiger partial charge < -0.3 is 9.80 Å². The maximum Gasteiger partial charge on any atom is 0.417 e. The monoisotopic (exact) mass is 391 g/mol. The molecule has 3 rings (SSSR count). The summed E-state index contributed by atoms with van der Waals surface area (Å²) in [6.45, 7) is 1.38. The van der Waals surface area contributed by atoms with E-state index < -0.39 is 23.1 Å². The molecule has 0 bridgehead atoms. The van der Waals surface area contributed by atoms with Crippen molar-refractivity contribution in [2.24, 2.45) is 7.05 Å². The third-order valence-corrected chi connectivity index (χ3v) is 4.48. The van der Waals surface area contributed by atoms with E-state index in [0.29, 0.717) is 44.1 Å². The minimum absolute atomic E-state index is 0.0368. The topological polar surface area (TPSA) is 54.3 Å².